The van der Waals surface area contributed by atoms with E-state index in [1.54, 1.807) is 0 Å². The molecular weight excluding hydrogens is 308 g/mol. The molecule has 2 N–H and O–H groups in total. The van der Waals surface area contributed by atoms with Crippen LogP contribution in [0.3, 0.4) is 0 Å². The average molecular weight is 328 g/mol. The first-order valence-electron chi connectivity index (χ1n) is 5.90. The lowest BCUT2D eigenvalue weighted by atomic mass is 10.2. The molecular formula is C10H20N2O6S2. The Labute approximate surface area is 119 Å². The van der Waals surface area contributed by atoms with Gasteiger partial charge in [-0.1, -0.05) is 0 Å². The minimum Gasteiger partial charge on any atom is -0.310 e. The van der Waals surface area contributed by atoms with E-state index in [9.17, 15) is 26.4 Å². The van der Waals surface area contributed by atoms with E-state index in [4.69, 9.17) is 0 Å². The maximum absolute atomic E-state index is 11.2. The molecule has 1 amide bonds. The maximum Gasteiger partial charge on any atom is 0.233 e. The number of carbonyl (C=O) groups is 2. The minimum atomic E-state index is -3.52. The van der Waals surface area contributed by atoms with Gasteiger partial charge in [0, 0.05) is 12.7 Å². The Morgan fingerprint density at radius 3 is 2.10 bits per heavy atom. The van der Waals surface area contributed by atoms with E-state index in [2.05, 4.69) is 5.32 Å². The zero-order chi connectivity index (χ0) is 15.8. The first-order chi connectivity index (χ1) is 8.99. The predicted molar refractivity (Wildman–Crippen MR) is 74.4 cm³/mol. The van der Waals surface area contributed by atoms with Crippen LogP contribution in [0.15, 0.2) is 0 Å². The average Bonchev–Trinajstić information content (AvgIpc) is 2.17. The van der Waals surface area contributed by atoms with Crippen LogP contribution in [0.4, 0.5) is 0 Å². The van der Waals surface area contributed by atoms with Crippen LogP contribution < -0.4 is 10.0 Å². The van der Waals surface area contributed by atoms with Gasteiger partial charge in [0.15, 0.2) is 15.6 Å². The first-order valence-corrected chi connectivity index (χ1v) is 9.85. The molecule has 0 bridgehead atoms. The molecule has 0 heterocycles. The van der Waals surface area contributed by atoms with E-state index in [0.29, 0.717) is 19.4 Å². The van der Waals surface area contributed by atoms with Gasteiger partial charge in [0.1, 0.15) is 5.75 Å². The molecule has 10 heteroatoms. The van der Waals surface area contributed by atoms with Crippen LogP contribution in [0.1, 0.15) is 19.3 Å². The molecule has 20 heavy (non-hydrogen) atoms. The van der Waals surface area contributed by atoms with Gasteiger partial charge in [-0.25, -0.2) is 16.8 Å². The van der Waals surface area contributed by atoms with Gasteiger partial charge in [-0.05, 0) is 19.4 Å². The normalized spacial score (nSPS) is 12.1. The highest BCUT2D eigenvalue weighted by Crippen LogP contribution is 1.95. The van der Waals surface area contributed by atoms with Crippen LogP contribution in [0.5, 0.6) is 0 Å². The first kappa shape index (κ1) is 19.0. The van der Waals surface area contributed by atoms with Crippen LogP contribution in [0.25, 0.3) is 0 Å². The smallest absolute Gasteiger partial charge is 0.233 e. The Morgan fingerprint density at radius 2 is 1.60 bits per heavy atom. The second kappa shape index (κ2) is 8.32. The van der Waals surface area contributed by atoms with E-state index in [0.717, 1.165) is 12.5 Å². The highest BCUT2D eigenvalue weighted by molar-refractivity contribution is 7.91. The Hall–Kier alpha value is -1.00. The summed E-state index contributed by atoms with van der Waals surface area (Å²) < 4.78 is 45.0. The Morgan fingerprint density at radius 1 is 1.00 bits per heavy atom. The van der Waals surface area contributed by atoms with Gasteiger partial charge < -0.3 is 5.32 Å². The predicted octanol–water partition coefficient (Wildman–Crippen LogP) is -1.56. The van der Waals surface area contributed by atoms with Gasteiger partial charge in [-0.15, -0.1) is 0 Å². The minimum absolute atomic E-state index is 0.0391. The van der Waals surface area contributed by atoms with Crippen LogP contribution in [-0.4, -0.2) is 59.9 Å². The molecule has 118 valence electrons. The summed E-state index contributed by atoms with van der Waals surface area (Å²) in [6.07, 6.45) is 3.01. The molecule has 0 aliphatic carbocycles. The Bertz CT molecular complexity index is 488. The number of carbonyl (C=O) groups excluding carboxylic acids is 2. The lowest BCUT2D eigenvalue weighted by Crippen LogP contribution is -2.30. The third kappa shape index (κ3) is 13.4. The third-order valence-corrected chi connectivity index (χ3v) is 3.50. The molecule has 0 aliphatic rings. The number of rotatable bonds is 10. The van der Waals surface area contributed by atoms with Gasteiger partial charge in [-0.2, -0.15) is 0 Å². The lowest BCUT2D eigenvalue weighted by Gasteiger charge is -2.04. The summed E-state index contributed by atoms with van der Waals surface area (Å²) in [6.45, 7) is 0.407. The zero-order valence-corrected chi connectivity index (χ0v) is 13.1. The Kier molecular flexibility index (Phi) is 7.91. The number of sulfone groups is 1. The summed E-state index contributed by atoms with van der Waals surface area (Å²) in [6, 6.07) is 0. The van der Waals surface area contributed by atoms with Gasteiger partial charge in [0.25, 0.3) is 0 Å². The highest BCUT2D eigenvalue weighted by Gasteiger charge is 2.10. The summed E-state index contributed by atoms with van der Waals surface area (Å²) in [4.78, 5) is 22.3. The molecule has 0 saturated heterocycles. The van der Waals surface area contributed by atoms with Gasteiger partial charge in [0.2, 0.25) is 15.9 Å². The quantitative estimate of drug-likeness (QED) is 0.464. The van der Waals surface area contributed by atoms with Crippen molar-refractivity contribution >= 4 is 31.6 Å². The van der Waals surface area contributed by atoms with Crippen LogP contribution in [0.2, 0.25) is 0 Å². The number of sulfonamides is 1. The van der Waals surface area contributed by atoms with E-state index >= 15 is 0 Å². The molecule has 8 nitrogen and oxygen atoms in total. The molecule has 0 radical (unpaired) electrons. The standard InChI is InChI=1S/C10H20N2O6S2/c1-19(15,16)8-9(13)7-11-6-4-3-5-10(14)12-20(2,17)18/h11H,3-8H2,1-2H3,(H,12,14). The van der Waals surface area contributed by atoms with Gasteiger partial charge >= 0.3 is 0 Å². The van der Waals surface area contributed by atoms with Crippen LogP contribution in [-0.2, 0) is 29.4 Å². The van der Waals surface area contributed by atoms with Crippen LogP contribution >= 0.6 is 0 Å². The number of nitrogens with one attached hydrogen (secondary N) is 2. The number of amides is 1. The molecule has 0 atom stereocenters. The highest BCUT2D eigenvalue weighted by atomic mass is 32.2. The molecule has 0 saturated carbocycles. The number of hydrogen-bond donors (Lipinski definition) is 2. The molecule has 0 rings (SSSR count). The lowest BCUT2D eigenvalue weighted by molar-refractivity contribution is -0.119. The summed E-state index contributed by atoms with van der Waals surface area (Å²) in [5.41, 5.74) is 0. The van der Waals surface area contributed by atoms with Crippen molar-refractivity contribution < 1.29 is 26.4 Å². The molecule has 0 spiro atoms. The molecule has 0 aliphatic heterocycles. The second-order valence-electron chi connectivity index (χ2n) is 4.54. The number of unbranched alkanes of at least 4 members (excludes halogenated alkanes) is 1. The van der Waals surface area contributed by atoms with Crippen molar-refractivity contribution in [1.29, 1.82) is 0 Å². The van der Waals surface area contributed by atoms with Crippen molar-refractivity contribution in [1.82, 2.24) is 10.0 Å². The summed E-state index contributed by atoms with van der Waals surface area (Å²) >= 11 is 0. The van der Waals surface area contributed by atoms with Crippen molar-refractivity contribution in [3.05, 3.63) is 0 Å². The molecule has 0 aromatic rings. The van der Waals surface area contributed by atoms with Crippen molar-refractivity contribution in [3.63, 3.8) is 0 Å². The summed E-state index contributed by atoms with van der Waals surface area (Å²) in [7, 11) is -6.81. The topological polar surface area (TPSA) is 126 Å². The maximum atomic E-state index is 11.2. The van der Waals surface area contributed by atoms with E-state index in [-0.39, 0.29) is 13.0 Å². The largest absolute Gasteiger partial charge is 0.310 e. The molecule has 0 aromatic carbocycles. The van der Waals surface area contributed by atoms with E-state index in [1.807, 2.05) is 4.72 Å². The van der Waals surface area contributed by atoms with Gasteiger partial charge in [0.05, 0.1) is 12.8 Å². The zero-order valence-electron chi connectivity index (χ0n) is 11.5. The number of ketones is 1. The van der Waals surface area contributed by atoms with Gasteiger partial charge in [-0.3, -0.25) is 14.3 Å². The van der Waals surface area contributed by atoms with Crippen molar-refractivity contribution in [2.75, 3.05) is 31.4 Å². The monoisotopic (exact) mass is 328 g/mol. The molecule has 0 fully saturated rings. The third-order valence-electron chi connectivity index (χ3n) is 2.05. The Balaban J connectivity index is 3.64. The second-order valence-corrected chi connectivity index (χ2v) is 8.43. The van der Waals surface area contributed by atoms with Crippen LogP contribution in [0, 0.1) is 0 Å². The SMILES string of the molecule is CS(=O)(=O)CC(=O)CNCCCCC(=O)NS(C)(=O)=O. The molecule has 0 unspecified atom stereocenters. The summed E-state index contributed by atoms with van der Waals surface area (Å²) in [5, 5.41) is 2.77. The fourth-order valence-corrected chi connectivity index (χ4v) is 2.57. The molecule has 0 aromatic heterocycles. The fourth-order valence-electron chi connectivity index (χ4n) is 1.36. The van der Waals surface area contributed by atoms with E-state index < -0.39 is 37.3 Å². The summed E-state index contributed by atoms with van der Waals surface area (Å²) in [5.74, 6) is -1.47. The van der Waals surface area contributed by atoms with Crippen molar-refractivity contribution in [2.45, 2.75) is 19.3 Å². The van der Waals surface area contributed by atoms with Crippen molar-refractivity contribution in [3.8, 4) is 0 Å². The van der Waals surface area contributed by atoms with Crippen molar-refractivity contribution in [2.24, 2.45) is 0 Å². The number of Topliss-reactive ketones (excluding diaryl/α,β-unsaturated/α-hetero) is 1. The fraction of sp³-hybridized carbons (Fsp3) is 0.800. The van der Waals surface area contributed by atoms with E-state index in [1.165, 1.54) is 0 Å². The number of hydrogen-bond acceptors (Lipinski definition) is 7.